The molecule has 0 bridgehead atoms. The van der Waals surface area contributed by atoms with Crippen LogP contribution in [-0.4, -0.2) is 4.98 Å². The summed E-state index contributed by atoms with van der Waals surface area (Å²) in [4.78, 5) is 4.20. The number of fused-ring (bicyclic) bond motifs is 1. The number of nitrogens with zero attached hydrogens (tertiary/aromatic N) is 3. The quantitative estimate of drug-likeness (QED) is 0.350. The van der Waals surface area contributed by atoms with Crippen LogP contribution < -0.4 is 4.74 Å². The minimum absolute atomic E-state index is 0.446. The first kappa shape index (κ1) is 17.6. The molecule has 0 saturated heterocycles. The van der Waals surface area contributed by atoms with Crippen LogP contribution in [0.25, 0.3) is 16.8 Å². The van der Waals surface area contributed by atoms with Crippen molar-refractivity contribution in [1.82, 2.24) is 4.98 Å². The SMILES string of the molecule is C=Cc1ccc(COc2ccc3ccccc3c2N=Nc2ccccn2)cc1. The molecule has 1 heterocycles. The molecule has 0 amide bonds. The van der Waals surface area contributed by atoms with E-state index < -0.39 is 0 Å². The summed E-state index contributed by atoms with van der Waals surface area (Å²) in [6.07, 6.45) is 3.52. The fourth-order valence-corrected chi connectivity index (χ4v) is 2.88. The second-order valence-electron chi connectivity index (χ2n) is 6.26. The fraction of sp³-hybridized carbons (Fsp3) is 0.0417. The normalized spacial score (nSPS) is 11.0. The van der Waals surface area contributed by atoms with E-state index in [0.29, 0.717) is 23.9 Å². The van der Waals surface area contributed by atoms with Crippen LogP contribution in [0.3, 0.4) is 0 Å². The van der Waals surface area contributed by atoms with Crippen LogP contribution in [0.5, 0.6) is 5.75 Å². The highest BCUT2D eigenvalue weighted by Crippen LogP contribution is 2.37. The minimum Gasteiger partial charge on any atom is -0.487 e. The van der Waals surface area contributed by atoms with Crippen molar-refractivity contribution in [2.45, 2.75) is 6.61 Å². The summed E-state index contributed by atoms with van der Waals surface area (Å²) in [7, 11) is 0. The first-order chi connectivity index (χ1) is 13.8. The monoisotopic (exact) mass is 365 g/mol. The highest BCUT2D eigenvalue weighted by molar-refractivity contribution is 5.95. The maximum Gasteiger partial charge on any atom is 0.174 e. The van der Waals surface area contributed by atoms with Crippen LogP contribution in [0, 0.1) is 0 Å². The van der Waals surface area contributed by atoms with Gasteiger partial charge in [0.25, 0.3) is 0 Å². The van der Waals surface area contributed by atoms with Gasteiger partial charge in [-0.15, -0.1) is 10.2 Å². The molecule has 0 atom stereocenters. The lowest BCUT2D eigenvalue weighted by molar-refractivity contribution is 0.307. The van der Waals surface area contributed by atoms with Crippen LogP contribution in [0.2, 0.25) is 0 Å². The molecule has 28 heavy (non-hydrogen) atoms. The predicted octanol–water partition coefficient (Wildman–Crippen LogP) is 6.87. The Morgan fingerprint density at radius 3 is 2.46 bits per heavy atom. The highest BCUT2D eigenvalue weighted by atomic mass is 16.5. The Morgan fingerprint density at radius 2 is 1.68 bits per heavy atom. The average molecular weight is 365 g/mol. The fourth-order valence-electron chi connectivity index (χ4n) is 2.88. The molecule has 0 N–H and O–H groups in total. The molecule has 4 heteroatoms. The second-order valence-corrected chi connectivity index (χ2v) is 6.26. The lowest BCUT2D eigenvalue weighted by Gasteiger charge is -2.11. The molecule has 136 valence electrons. The van der Waals surface area contributed by atoms with Crippen molar-refractivity contribution in [3.8, 4) is 5.75 Å². The van der Waals surface area contributed by atoms with Gasteiger partial charge in [0.15, 0.2) is 5.82 Å². The molecule has 0 unspecified atom stereocenters. The number of hydrogen-bond acceptors (Lipinski definition) is 4. The topological polar surface area (TPSA) is 46.8 Å². The average Bonchev–Trinajstić information content (AvgIpc) is 2.77. The van der Waals surface area contributed by atoms with E-state index in [0.717, 1.165) is 21.9 Å². The van der Waals surface area contributed by atoms with Gasteiger partial charge in [0, 0.05) is 11.6 Å². The van der Waals surface area contributed by atoms with Crippen molar-refractivity contribution >= 4 is 28.4 Å². The van der Waals surface area contributed by atoms with Crippen molar-refractivity contribution in [3.63, 3.8) is 0 Å². The Balaban J connectivity index is 1.66. The molecule has 4 aromatic rings. The summed E-state index contributed by atoms with van der Waals surface area (Å²) in [5.41, 5.74) is 2.86. The number of hydrogen-bond donors (Lipinski definition) is 0. The number of azo groups is 1. The number of pyridine rings is 1. The maximum atomic E-state index is 6.09. The lowest BCUT2D eigenvalue weighted by Crippen LogP contribution is -1.96. The van der Waals surface area contributed by atoms with E-state index in [9.17, 15) is 0 Å². The Morgan fingerprint density at radius 1 is 0.857 bits per heavy atom. The largest absolute Gasteiger partial charge is 0.487 e. The smallest absolute Gasteiger partial charge is 0.174 e. The van der Waals surface area contributed by atoms with E-state index in [-0.39, 0.29) is 0 Å². The van der Waals surface area contributed by atoms with E-state index in [1.165, 1.54) is 0 Å². The van der Waals surface area contributed by atoms with Gasteiger partial charge in [-0.1, -0.05) is 73.3 Å². The van der Waals surface area contributed by atoms with Gasteiger partial charge >= 0.3 is 0 Å². The van der Waals surface area contributed by atoms with E-state index in [1.807, 2.05) is 84.9 Å². The highest BCUT2D eigenvalue weighted by Gasteiger charge is 2.09. The molecular formula is C24H19N3O. The number of benzene rings is 3. The minimum atomic E-state index is 0.446. The van der Waals surface area contributed by atoms with Gasteiger partial charge < -0.3 is 4.74 Å². The molecule has 4 rings (SSSR count). The Kier molecular flexibility index (Phi) is 5.20. The van der Waals surface area contributed by atoms with Crippen LogP contribution >= 0.6 is 0 Å². The standard InChI is InChI=1S/C24H19N3O/c1-2-18-10-12-19(13-11-18)17-28-22-15-14-20-7-3-4-8-21(20)24(22)27-26-23-9-5-6-16-25-23/h2-16H,1,17H2. The van der Waals surface area contributed by atoms with E-state index in [2.05, 4.69) is 21.8 Å². The summed E-state index contributed by atoms with van der Waals surface area (Å²) < 4.78 is 6.09. The van der Waals surface area contributed by atoms with E-state index in [4.69, 9.17) is 4.74 Å². The predicted molar refractivity (Wildman–Crippen MR) is 113 cm³/mol. The maximum absolute atomic E-state index is 6.09. The summed E-state index contributed by atoms with van der Waals surface area (Å²) in [6, 6.07) is 25.7. The molecule has 3 aromatic carbocycles. The third-order valence-electron chi connectivity index (χ3n) is 4.38. The molecule has 0 spiro atoms. The Hall–Kier alpha value is -3.79. The third-order valence-corrected chi connectivity index (χ3v) is 4.38. The van der Waals surface area contributed by atoms with Gasteiger partial charge in [-0.05, 0) is 34.7 Å². The third kappa shape index (κ3) is 3.96. The molecular weight excluding hydrogens is 346 g/mol. The Labute approximate surface area is 163 Å². The van der Waals surface area contributed by atoms with Gasteiger partial charge in [0.1, 0.15) is 18.0 Å². The van der Waals surface area contributed by atoms with Crippen molar-refractivity contribution in [1.29, 1.82) is 0 Å². The molecule has 4 nitrogen and oxygen atoms in total. The molecule has 0 radical (unpaired) electrons. The molecule has 0 fully saturated rings. The van der Waals surface area contributed by atoms with Crippen LogP contribution in [0.1, 0.15) is 11.1 Å². The van der Waals surface area contributed by atoms with Crippen molar-refractivity contribution in [3.05, 3.63) is 103 Å². The van der Waals surface area contributed by atoms with Crippen LogP contribution in [0.4, 0.5) is 11.5 Å². The first-order valence-corrected chi connectivity index (χ1v) is 9.02. The molecule has 0 saturated carbocycles. The van der Waals surface area contributed by atoms with Gasteiger partial charge in [0.05, 0.1) is 0 Å². The molecule has 0 aliphatic heterocycles. The molecule has 0 aliphatic rings. The second kappa shape index (κ2) is 8.27. The zero-order chi connectivity index (χ0) is 19.2. The van der Waals surface area contributed by atoms with Crippen molar-refractivity contribution in [2.24, 2.45) is 10.2 Å². The van der Waals surface area contributed by atoms with Crippen LogP contribution in [-0.2, 0) is 6.61 Å². The zero-order valence-electron chi connectivity index (χ0n) is 15.3. The Bertz CT molecular complexity index is 1120. The number of aromatic nitrogens is 1. The zero-order valence-corrected chi connectivity index (χ0v) is 15.3. The van der Waals surface area contributed by atoms with E-state index >= 15 is 0 Å². The number of rotatable bonds is 6. The van der Waals surface area contributed by atoms with Gasteiger partial charge in [-0.25, -0.2) is 4.98 Å². The lowest BCUT2D eigenvalue weighted by atomic mass is 10.1. The van der Waals surface area contributed by atoms with Crippen molar-refractivity contribution < 1.29 is 4.74 Å². The molecule has 0 aliphatic carbocycles. The summed E-state index contributed by atoms with van der Waals surface area (Å²) >= 11 is 0. The van der Waals surface area contributed by atoms with E-state index in [1.54, 1.807) is 6.20 Å². The van der Waals surface area contributed by atoms with Crippen molar-refractivity contribution in [2.75, 3.05) is 0 Å². The summed E-state index contributed by atoms with van der Waals surface area (Å²) in [5.74, 6) is 1.24. The van der Waals surface area contributed by atoms with Gasteiger partial charge in [0.2, 0.25) is 0 Å². The van der Waals surface area contributed by atoms with Gasteiger partial charge in [-0.2, -0.15) is 0 Å². The summed E-state index contributed by atoms with van der Waals surface area (Å²) in [6.45, 7) is 4.23. The van der Waals surface area contributed by atoms with Gasteiger partial charge in [-0.3, -0.25) is 0 Å². The summed E-state index contributed by atoms with van der Waals surface area (Å²) in [5, 5.41) is 10.8. The first-order valence-electron chi connectivity index (χ1n) is 9.02. The number of ether oxygens (including phenoxy) is 1. The van der Waals surface area contributed by atoms with Crippen LogP contribution in [0.15, 0.2) is 102 Å². The molecule has 1 aromatic heterocycles.